The Balaban J connectivity index is 2.67. The number of hydrogen-bond donors (Lipinski definition) is 0. The molecular weight excluding hydrogens is 217 g/mol. The van der Waals surface area contributed by atoms with Crippen molar-refractivity contribution in [2.24, 2.45) is 0 Å². The fourth-order valence-corrected chi connectivity index (χ4v) is 1.76. The molecule has 0 spiro atoms. The van der Waals surface area contributed by atoms with Crippen molar-refractivity contribution in [3.8, 4) is 0 Å². The van der Waals surface area contributed by atoms with Crippen molar-refractivity contribution in [3.05, 3.63) is 28.7 Å². The normalized spacial score (nSPS) is 13.3. The minimum atomic E-state index is -1.10. The zero-order valence-corrected chi connectivity index (χ0v) is 9.29. The highest BCUT2D eigenvalue weighted by atomic mass is 35.5. The van der Waals surface area contributed by atoms with Gasteiger partial charge in [0.25, 0.3) is 0 Å². The van der Waals surface area contributed by atoms with E-state index < -0.39 is 6.17 Å². The average Bonchev–Trinajstić information content (AvgIpc) is 2.61. The van der Waals surface area contributed by atoms with E-state index in [0.717, 1.165) is 6.42 Å². The number of alkyl halides is 1. The summed E-state index contributed by atoms with van der Waals surface area (Å²) in [5, 5.41) is 4.48. The molecule has 2 aromatic rings. The lowest BCUT2D eigenvalue weighted by atomic mass is 10.2. The van der Waals surface area contributed by atoms with Crippen molar-refractivity contribution in [3.63, 3.8) is 0 Å². The summed E-state index contributed by atoms with van der Waals surface area (Å²) in [6, 6.07) is 3.37. The summed E-state index contributed by atoms with van der Waals surface area (Å²) >= 11 is 6.03. The summed E-state index contributed by atoms with van der Waals surface area (Å²) < 4.78 is 14.6. The maximum Gasteiger partial charge on any atom is 0.157 e. The SMILES string of the molecule is CCc1nc2ccc(C(C)F)c(Cl)n2n1. The monoisotopic (exact) mass is 227 g/mol. The van der Waals surface area contributed by atoms with Crippen molar-refractivity contribution in [1.82, 2.24) is 14.6 Å². The van der Waals surface area contributed by atoms with Gasteiger partial charge in [0.2, 0.25) is 0 Å². The molecular formula is C10H11ClFN3. The highest BCUT2D eigenvalue weighted by molar-refractivity contribution is 6.30. The van der Waals surface area contributed by atoms with Crippen molar-refractivity contribution in [2.45, 2.75) is 26.4 Å². The van der Waals surface area contributed by atoms with Gasteiger partial charge in [-0.2, -0.15) is 0 Å². The molecule has 0 aliphatic rings. The lowest BCUT2D eigenvalue weighted by Gasteiger charge is -2.05. The fourth-order valence-electron chi connectivity index (χ4n) is 1.42. The second kappa shape index (κ2) is 3.77. The van der Waals surface area contributed by atoms with Crippen molar-refractivity contribution >= 4 is 17.2 Å². The largest absolute Gasteiger partial charge is 0.242 e. The molecule has 0 aromatic carbocycles. The Bertz CT molecular complexity index is 493. The molecule has 0 fully saturated rings. The van der Waals surface area contributed by atoms with Gasteiger partial charge in [0.05, 0.1) is 0 Å². The second-order valence-electron chi connectivity index (χ2n) is 3.35. The molecule has 15 heavy (non-hydrogen) atoms. The average molecular weight is 228 g/mol. The van der Waals surface area contributed by atoms with Gasteiger partial charge in [0.1, 0.15) is 11.3 Å². The van der Waals surface area contributed by atoms with Gasteiger partial charge in [-0.25, -0.2) is 13.9 Å². The van der Waals surface area contributed by atoms with Crippen LogP contribution in [0.25, 0.3) is 5.65 Å². The summed E-state index contributed by atoms with van der Waals surface area (Å²) in [6.07, 6.45) is -0.366. The van der Waals surface area contributed by atoms with Crippen molar-refractivity contribution in [1.29, 1.82) is 0 Å². The molecule has 1 atom stereocenters. The van der Waals surface area contributed by atoms with Crippen LogP contribution >= 0.6 is 11.6 Å². The van der Waals surface area contributed by atoms with Gasteiger partial charge in [0, 0.05) is 12.0 Å². The highest BCUT2D eigenvalue weighted by Gasteiger charge is 2.13. The number of aromatic nitrogens is 3. The molecule has 2 heterocycles. The summed E-state index contributed by atoms with van der Waals surface area (Å²) in [5.74, 6) is 0.709. The van der Waals surface area contributed by atoms with E-state index in [2.05, 4.69) is 10.1 Å². The number of halogens is 2. The standard InChI is InChI=1S/C10H11ClFN3/c1-3-8-13-9-5-4-7(6(2)12)10(11)15(9)14-8/h4-6H,3H2,1-2H3. The summed E-state index contributed by atoms with van der Waals surface area (Å²) in [7, 11) is 0. The lowest BCUT2D eigenvalue weighted by Crippen LogP contribution is -1.96. The number of nitrogens with zero attached hydrogens (tertiary/aromatic N) is 3. The first-order valence-corrected chi connectivity index (χ1v) is 5.19. The molecule has 0 saturated heterocycles. The molecule has 80 valence electrons. The van der Waals surface area contributed by atoms with Crippen molar-refractivity contribution in [2.75, 3.05) is 0 Å². The van der Waals surface area contributed by atoms with E-state index in [1.165, 1.54) is 11.4 Å². The quantitative estimate of drug-likeness (QED) is 0.739. The minimum absolute atomic E-state index is 0.301. The van der Waals surface area contributed by atoms with Crippen LogP contribution in [0.3, 0.4) is 0 Å². The molecule has 0 N–H and O–H groups in total. The maximum absolute atomic E-state index is 13.2. The van der Waals surface area contributed by atoms with Gasteiger partial charge >= 0.3 is 0 Å². The van der Waals surface area contributed by atoms with E-state index in [1.807, 2.05) is 6.92 Å². The summed E-state index contributed by atoms with van der Waals surface area (Å²) in [6.45, 7) is 3.41. The third-order valence-corrected chi connectivity index (χ3v) is 2.64. The molecule has 0 radical (unpaired) electrons. The first-order chi connectivity index (χ1) is 7.13. The predicted octanol–water partition coefficient (Wildman–Crippen LogP) is 2.98. The third-order valence-electron chi connectivity index (χ3n) is 2.26. The van der Waals surface area contributed by atoms with E-state index in [-0.39, 0.29) is 0 Å². The number of rotatable bonds is 2. The van der Waals surface area contributed by atoms with Crippen LogP contribution in [-0.2, 0) is 6.42 Å². The molecule has 5 heteroatoms. The van der Waals surface area contributed by atoms with E-state index in [0.29, 0.717) is 22.2 Å². The maximum atomic E-state index is 13.2. The topological polar surface area (TPSA) is 30.2 Å². The van der Waals surface area contributed by atoms with Crippen molar-refractivity contribution < 1.29 is 4.39 Å². The number of fused-ring (bicyclic) bond motifs is 1. The zero-order valence-electron chi connectivity index (χ0n) is 8.54. The third kappa shape index (κ3) is 1.69. The first-order valence-electron chi connectivity index (χ1n) is 4.81. The molecule has 0 saturated carbocycles. The Morgan fingerprint density at radius 3 is 2.87 bits per heavy atom. The second-order valence-corrected chi connectivity index (χ2v) is 3.71. The Hall–Kier alpha value is -1.16. The van der Waals surface area contributed by atoms with Crippen LogP contribution in [0.5, 0.6) is 0 Å². The highest BCUT2D eigenvalue weighted by Crippen LogP contribution is 2.25. The summed E-state index contributed by atoms with van der Waals surface area (Å²) in [5.41, 5.74) is 1.10. The smallest absolute Gasteiger partial charge is 0.157 e. The first kappa shape index (κ1) is 10.4. The molecule has 3 nitrogen and oxygen atoms in total. The molecule has 2 aromatic heterocycles. The van der Waals surface area contributed by atoms with Gasteiger partial charge in [-0.3, -0.25) is 0 Å². The van der Waals surface area contributed by atoms with Crippen LogP contribution in [0, 0.1) is 0 Å². The van der Waals surface area contributed by atoms with Crippen LogP contribution in [-0.4, -0.2) is 14.6 Å². The number of aryl methyl sites for hydroxylation is 1. The Labute approximate surface area is 91.9 Å². The van der Waals surface area contributed by atoms with Gasteiger partial charge in [0.15, 0.2) is 11.5 Å². The lowest BCUT2D eigenvalue weighted by molar-refractivity contribution is 0.373. The molecule has 0 bridgehead atoms. The van der Waals surface area contributed by atoms with Crippen LogP contribution in [0.1, 0.15) is 31.4 Å². The molecule has 0 amide bonds. The van der Waals surface area contributed by atoms with E-state index in [9.17, 15) is 4.39 Å². The summed E-state index contributed by atoms with van der Waals surface area (Å²) in [4.78, 5) is 4.24. The van der Waals surface area contributed by atoms with Gasteiger partial charge in [-0.1, -0.05) is 18.5 Å². The van der Waals surface area contributed by atoms with E-state index in [4.69, 9.17) is 11.6 Å². The van der Waals surface area contributed by atoms with Gasteiger partial charge in [-0.15, -0.1) is 5.10 Å². The zero-order chi connectivity index (χ0) is 11.0. The van der Waals surface area contributed by atoms with E-state index in [1.54, 1.807) is 12.1 Å². The molecule has 0 aliphatic heterocycles. The molecule has 0 aliphatic carbocycles. The van der Waals surface area contributed by atoms with Gasteiger partial charge < -0.3 is 0 Å². The van der Waals surface area contributed by atoms with Crippen LogP contribution in [0.2, 0.25) is 5.15 Å². The van der Waals surface area contributed by atoms with Gasteiger partial charge in [-0.05, 0) is 19.1 Å². The van der Waals surface area contributed by atoms with E-state index >= 15 is 0 Å². The minimum Gasteiger partial charge on any atom is -0.242 e. The Kier molecular flexibility index (Phi) is 2.61. The fraction of sp³-hybridized carbons (Fsp3) is 0.400. The predicted molar refractivity (Wildman–Crippen MR) is 56.9 cm³/mol. The molecule has 2 rings (SSSR count). The Morgan fingerprint density at radius 2 is 2.27 bits per heavy atom. The number of hydrogen-bond acceptors (Lipinski definition) is 2. The van der Waals surface area contributed by atoms with Crippen LogP contribution in [0.4, 0.5) is 4.39 Å². The molecule has 1 unspecified atom stereocenters. The number of pyridine rings is 1. The van der Waals surface area contributed by atoms with Crippen LogP contribution < -0.4 is 0 Å². The van der Waals surface area contributed by atoms with Crippen LogP contribution in [0.15, 0.2) is 12.1 Å². The Morgan fingerprint density at radius 1 is 1.53 bits per heavy atom.